The molecule has 3 aliphatic heterocycles. The fraction of sp³-hybridized carbons (Fsp3) is 0.704. The van der Waals surface area contributed by atoms with Gasteiger partial charge in [0, 0.05) is 19.6 Å². The summed E-state index contributed by atoms with van der Waals surface area (Å²) in [6.07, 6.45) is 4.64. The molecule has 0 unspecified atom stereocenters. The molecule has 0 bridgehead atoms. The van der Waals surface area contributed by atoms with Gasteiger partial charge in [-0.1, -0.05) is 37.3 Å². The molecule has 3 amide bonds. The number of rotatable bonds is 6. The van der Waals surface area contributed by atoms with Crippen molar-refractivity contribution >= 4 is 11.9 Å². The van der Waals surface area contributed by atoms with Crippen molar-refractivity contribution in [2.45, 2.75) is 76.2 Å². The van der Waals surface area contributed by atoms with Crippen LogP contribution in [0.1, 0.15) is 51.0 Å². The van der Waals surface area contributed by atoms with Crippen LogP contribution in [0.5, 0.6) is 0 Å². The zero-order chi connectivity index (χ0) is 24.6. The lowest BCUT2D eigenvalue weighted by atomic mass is 9.90. The first kappa shape index (κ1) is 25.9. The summed E-state index contributed by atoms with van der Waals surface area (Å²) in [6.45, 7) is 4.93. The van der Waals surface area contributed by atoms with E-state index in [0.29, 0.717) is 31.9 Å². The van der Waals surface area contributed by atoms with Crippen molar-refractivity contribution in [1.82, 2.24) is 15.1 Å². The van der Waals surface area contributed by atoms with Crippen molar-refractivity contribution in [3.8, 4) is 0 Å². The molecular weight excluding hydrogens is 446 g/mol. The van der Waals surface area contributed by atoms with Gasteiger partial charge in [0.15, 0.2) is 0 Å². The molecule has 1 aromatic carbocycles. The fourth-order valence-corrected chi connectivity index (χ4v) is 5.57. The summed E-state index contributed by atoms with van der Waals surface area (Å²) < 4.78 is 12.0. The van der Waals surface area contributed by atoms with Gasteiger partial charge in [-0.3, -0.25) is 4.79 Å². The van der Waals surface area contributed by atoms with E-state index in [0.717, 1.165) is 45.2 Å². The third-order valence-corrected chi connectivity index (χ3v) is 7.50. The van der Waals surface area contributed by atoms with Crippen molar-refractivity contribution in [2.24, 2.45) is 5.92 Å². The van der Waals surface area contributed by atoms with Crippen LogP contribution < -0.4 is 5.32 Å². The molecule has 2 N–H and O–H groups in total. The Morgan fingerprint density at radius 1 is 1.09 bits per heavy atom. The van der Waals surface area contributed by atoms with Gasteiger partial charge in [0.25, 0.3) is 0 Å². The zero-order valence-electron chi connectivity index (χ0n) is 20.9. The second kappa shape index (κ2) is 12.7. The number of likely N-dealkylation sites (tertiary alicyclic amines) is 1. The molecule has 3 aliphatic rings. The number of fused-ring (bicyclic) bond motifs is 1. The number of aliphatic hydroxyl groups excluding tert-OH is 1. The summed E-state index contributed by atoms with van der Waals surface area (Å²) in [5.74, 6) is 0.784. The van der Waals surface area contributed by atoms with Gasteiger partial charge in [-0.15, -0.1) is 0 Å². The number of ether oxygens (including phenoxy) is 2. The summed E-state index contributed by atoms with van der Waals surface area (Å²) in [5, 5.41) is 13.2. The Labute approximate surface area is 208 Å². The number of hydrogen-bond donors (Lipinski definition) is 2. The third kappa shape index (κ3) is 7.18. The number of nitrogens with zero attached hydrogens (tertiary/aromatic N) is 2. The first-order chi connectivity index (χ1) is 17.0. The lowest BCUT2D eigenvalue weighted by Gasteiger charge is -2.44. The number of carbonyl (C=O) groups is 2. The van der Waals surface area contributed by atoms with E-state index < -0.39 is 6.10 Å². The predicted molar refractivity (Wildman–Crippen MR) is 133 cm³/mol. The number of aliphatic hydroxyl groups is 1. The molecule has 1 aromatic rings. The second-order valence-electron chi connectivity index (χ2n) is 10.2. The van der Waals surface area contributed by atoms with E-state index in [-0.39, 0.29) is 43.3 Å². The molecule has 8 heteroatoms. The Hall–Kier alpha value is -2.16. The lowest BCUT2D eigenvalue weighted by molar-refractivity contribution is -0.155. The van der Waals surface area contributed by atoms with Crippen LogP contribution in [0, 0.1) is 5.92 Å². The fourth-order valence-electron chi connectivity index (χ4n) is 5.57. The topological polar surface area (TPSA) is 91.3 Å². The van der Waals surface area contributed by atoms with Gasteiger partial charge < -0.3 is 29.7 Å². The molecule has 3 heterocycles. The molecule has 4 rings (SSSR count). The average molecular weight is 488 g/mol. The molecule has 35 heavy (non-hydrogen) atoms. The Morgan fingerprint density at radius 3 is 2.60 bits per heavy atom. The minimum atomic E-state index is -0.715. The third-order valence-electron chi connectivity index (χ3n) is 7.50. The maximum atomic E-state index is 13.1. The quantitative estimate of drug-likeness (QED) is 0.644. The largest absolute Gasteiger partial charge is 0.389 e. The molecule has 4 atom stereocenters. The number of hydrogen-bond acceptors (Lipinski definition) is 5. The average Bonchev–Trinajstić information content (AvgIpc) is 2.86. The molecule has 8 nitrogen and oxygen atoms in total. The van der Waals surface area contributed by atoms with Crippen LogP contribution in [0.15, 0.2) is 30.3 Å². The summed E-state index contributed by atoms with van der Waals surface area (Å²) in [7, 11) is 0. The van der Waals surface area contributed by atoms with Gasteiger partial charge in [-0.25, -0.2) is 4.79 Å². The molecule has 0 saturated carbocycles. The van der Waals surface area contributed by atoms with Gasteiger partial charge in [-0.05, 0) is 50.0 Å². The first-order valence-corrected chi connectivity index (χ1v) is 13.3. The van der Waals surface area contributed by atoms with Crippen LogP contribution in [-0.2, 0) is 20.7 Å². The van der Waals surface area contributed by atoms with Crippen LogP contribution >= 0.6 is 0 Å². The van der Waals surface area contributed by atoms with Crippen LogP contribution in [0.4, 0.5) is 4.79 Å². The Kier molecular flexibility index (Phi) is 9.40. The van der Waals surface area contributed by atoms with Gasteiger partial charge in [0.1, 0.15) is 6.10 Å². The van der Waals surface area contributed by atoms with E-state index in [1.807, 2.05) is 17.9 Å². The molecule has 0 aromatic heterocycles. The van der Waals surface area contributed by atoms with E-state index in [9.17, 15) is 14.7 Å². The first-order valence-electron chi connectivity index (χ1n) is 13.3. The molecule has 0 spiro atoms. The van der Waals surface area contributed by atoms with Crippen LogP contribution in [0.25, 0.3) is 0 Å². The highest BCUT2D eigenvalue weighted by Gasteiger charge is 2.40. The summed E-state index contributed by atoms with van der Waals surface area (Å²) in [4.78, 5) is 29.5. The SMILES string of the molecule is CCCNC(=O)N1C[C@@H](O)COC[C@H]2O[C@H](CC(=O)N3CCC(Cc4ccccc4)CC3)CC[C@@H]21. The maximum Gasteiger partial charge on any atom is 0.317 e. The molecule has 3 fully saturated rings. The van der Waals surface area contributed by atoms with E-state index >= 15 is 0 Å². The zero-order valence-corrected chi connectivity index (χ0v) is 20.9. The van der Waals surface area contributed by atoms with Crippen molar-refractivity contribution in [3.05, 3.63) is 35.9 Å². The van der Waals surface area contributed by atoms with Crippen molar-refractivity contribution in [2.75, 3.05) is 39.4 Å². The van der Waals surface area contributed by atoms with Crippen LogP contribution in [0.3, 0.4) is 0 Å². The van der Waals surface area contributed by atoms with E-state index in [1.165, 1.54) is 5.56 Å². The normalized spacial score (nSPS) is 28.1. The standard InChI is InChI=1S/C27H41N3O5/c1-2-12-28-27(33)30-17-22(31)18-34-19-25-24(30)9-8-23(35-25)16-26(32)29-13-10-21(11-14-29)15-20-6-4-3-5-7-20/h3-7,21-25,31H,2,8-19H2,1H3,(H,28,33)/t22-,23+,24+,25-/m1/s1. The van der Waals surface area contributed by atoms with Gasteiger partial charge in [0.2, 0.25) is 5.91 Å². The monoisotopic (exact) mass is 487 g/mol. The van der Waals surface area contributed by atoms with Crippen LogP contribution in [-0.4, -0.2) is 90.6 Å². The predicted octanol–water partition coefficient (Wildman–Crippen LogP) is 2.59. The molecule has 194 valence electrons. The van der Waals surface area contributed by atoms with E-state index in [2.05, 4.69) is 29.6 Å². The molecule has 0 aliphatic carbocycles. The van der Waals surface area contributed by atoms with Crippen molar-refractivity contribution < 1.29 is 24.2 Å². The number of carbonyl (C=O) groups excluding carboxylic acids is 2. The maximum absolute atomic E-state index is 13.1. The van der Waals surface area contributed by atoms with E-state index in [4.69, 9.17) is 9.47 Å². The van der Waals surface area contributed by atoms with Crippen LogP contribution in [0.2, 0.25) is 0 Å². The van der Waals surface area contributed by atoms with Gasteiger partial charge >= 0.3 is 6.03 Å². The molecule has 0 radical (unpaired) electrons. The van der Waals surface area contributed by atoms with Gasteiger partial charge in [0.05, 0.1) is 44.4 Å². The highest BCUT2D eigenvalue weighted by molar-refractivity contribution is 5.77. The Balaban J connectivity index is 1.27. The van der Waals surface area contributed by atoms with Gasteiger partial charge in [-0.2, -0.15) is 0 Å². The summed E-state index contributed by atoms with van der Waals surface area (Å²) in [6, 6.07) is 10.2. The summed E-state index contributed by atoms with van der Waals surface area (Å²) in [5.41, 5.74) is 1.37. The highest BCUT2D eigenvalue weighted by Crippen LogP contribution is 2.29. The lowest BCUT2D eigenvalue weighted by Crippen LogP contribution is -2.59. The Bertz CT molecular complexity index is 814. The number of benzene rings is 1. The minimum Gasteiger partial charge on any atom is -0.389 e. The minimum absolute atomic E-state index is 0.159. The van der Waals surface area contributed by atoms with E-state index in [1.54, 1.807) is 4.90 Å². The molecular formula is C27H41N3O5. The number of amides is 3. The Morgan fingerprint density at radius 2 is 1.86 bits per heavy atom. The smallest absolute Gasteiger partial charge is 0.317 e. The number of nitrogens with one attached hydrogen (secondary N) is 1. The molecule has 3 saturated heterocycles. The highest BCUT2D eigenvalue weighted by atomic mass is 16.5. The van der Waals surface area contributed by atoms with Crippen molar-refractivity contribution in [3.63, 3.8) is 0 Å². The second-order valence-corrected chi connectivity index (χ2v) is 10.2. The summed E-state index contributed by atoms with van der Waals surface area (Å²) >= 11 is 0. The number of β-amino-alcohol motifs (C(OH)–C–C–N with tert-alkyl or cyclic N) is 1. The van der Waals surface area contributed by atoms with Crippen molar-refractivity contribution in [1.29, 1.82) is 0 Å². The number of urea groups is 1. The number of piperidine rings is 1.